The third-order valence-electron chi connectivity index (χ3n) is 4.05. The van der Waals surface area contributed by atoms with Crippen LogP contribution in [0, 0.1) is 0 Å². The summed E-state index contributed by atoms with van der Waals surface area (Å²) in [6, 6.07) is 0.0273. The molecule has 1 aromatic rings. The van der Waals surface area contributed by atoms with Crippen LogP contribution in [0.25, 0.3) is 0 Å². The van der Waals surface area contributed by atoms with Gasteiger partial charge in [-0.2, -0.15) is 0 Å². The first-order valence-corrected chi connectivity index (χ1v) is 7.17. The van der Waals surface area contributed by atoms with Gasteiger partial charge in [-0.3, -0.25) is 9.36 Å². The molecule has 2 N–H and O–H groups in total. The van der Waals surface area contributed by atoms with Crippen molar-refractivity contribution < 1.29 is 5.11 Å². The predicted molar refractivity (Wildman–Crippen MR) is 76.6 cm³/mol. The minimum atomic E-state index is -0.353. The first-order chi connectivity index (χ1) is 9.50. The molecule has 0 bridgehead atoms. The van der Waals surface area contributed by atoms with Gasteiger partial charge >= 0.3 is 5.69 Å². The maximum atomic E-state index is 12.0. The number of aliphatic hydroxyl groups excluding tert-OH is 1. The summed E-state index contributed by atoms with van der Waals surface area (Å²) in [5, 5.41) is 13.3. The number of aliphatic hydroxyl groups is 1. The maximum absolute atomic E-state index is 12.0. The summed E-state index contributed by atoms with van der Waals surface area (Å²) in [5.74, 6) is 0. The van der Waals surface area contributed by atoms with Gasteiger partial charge in [0.25, 0.3) is 5.56 Å². The number of nitrogens with one attached hydrogen (secondary N) is 1. The summed E-state index contributed by atoms with van der Waals surface area (Å²) < 4.78 is 2.52. The molecule has 0 radical (unpaired) electrons. The summed E-state index contributed by atoms with van der Waals surface area (Å²) in [7, 11) is 3.11. The van der Waals surface area contributed by atoms with Gasteiger partial charge in [0.2, 0.25) is 0 Å². The Balaban J connectivity index is 2.11. The molecule has 20 heavy (non-hydrogen) atoms. The Labute approximate surface area is 118 Å². The van der Waals surface area contributed by atoms with Crippen LogP contribution in [0.5, 0.6) is 0 Å². The Morgan fingerprint density at radius 1 is 1.25 bits per heavy atom. The standard InChI is InChI=1S/C14H23N3O3/c1-16-9-10(13(19)17(2)14(16)20)8-15-11-6-4-3-5-7-12(11)18/h9,11-12,15,18H,3-8H2,1-2H3. The minimum Gasteiger partial charge on any atom is -0.392 e. The molecular formula is C14H23N3O3. The van der Waals surface area contributed by atoms with Crippen molar-refractivity contribution in [1.82, 2.24) is 14.5 Å². The zero-order valence-corrected chi connectivity index (χ0v) is 12.1. The molecule has 2 rings (SSSR count). The number of hydrogen-bond donors (Lipinski definition) is 2. The van der Waals surface area contributed by atoms with Gasteiger partial charge in [-0.05, 0) is 12.8 Å². The van der Waals surface area contributed by atoms with Gasteiger partial charge in [-0.25, -0.2) is 4.79 Å². The van der Waals surface area contributed by atoms with Gasteiger partial charge in [0.05, 0.1) is 6.10 Å². The van der Waals surface area contributed by atoms with E-state index in [0.717, 1.165) is 36.7 Å². The third-order valence-corrected chi connectivity index (χ3v) is 4.05. The van der Waals surface area contributed by atoms with Crippen molar-refractivity contribution in [1.29, 1.82) is 0 Å². The van der Waals surface area contributed by atoms with Gasteiger partial charge in [0.15, 0.2) is 0 Å². The number of nitrogens with zero attached hydrogens (tertiary/aromatic N) is 2. The smallest absolute Gasteiger partial charge is 0.330 e. The van der Waals surface area contributed by atoms with E-state index >= 15 is 0 Å². The van der Waals surface area contributed by atoms with Crippen LogP contribution in [0.4, 0.5) is 0 Å². The maximum Gasteiger partial charge on any atom is 0.330 e. The van der Waals surface area contributed by atoms with E-state index in [-0.39, 0.29) is 23.4 Å². The van der Waals surface area contributed by atoms with Crippen LogP contribution in [-0.2, 0) is 20.6 Å². The molecule has 1 heterocycles. The second-order valence-electron chi connectivity index (χ2n) is 5.60. The zero-order chi connectivity index (χ0) is 14.7. The second kappa shape index (κ2) is 6.37. The number of hydrogen-bond acceptors (Lipinski definition) is 4. The van der Waals surface area contributed by atoms with E-state index < -0.39 is 0 Å². The van der Waals surface area contributed by atoms with Crippen LogP contribution in [0.2, 0.25) is 0 Å². The summed E-state index contributed by atoms with van der Waals surface area (Å²) >= 11 is 0. The van der Waals surface area contributed by atoms with Crippen molar-refractivity contribution >= 4 is 0 Å². The van der Waals surface area contributed by atoms with E-state index in [2.05, 4.69) is 5.32 Å². The first-order valence-electron chi connectivity index (χ1n) is 7.17. The third kappa shape index (κ3) is 3.19. The van der Waals surface area contributed by atoms with E-state index in [0.29, 0.717) is 12.1 Å². The summed E-state index contributed by atoms with van der Waals surface area (Å²) in [4.78, 5) is 23.6. The lowest BCUT2D eigenvalue weighted by atomic mass is 10.1. The highest BCUT2D eigenvalue weighted by molar-refractivity contribution is 5.05. The Bertz CT molecular complexity index is 576. The fraction of sp³-hybridized carbons (Fsp3) is 0.714. The molecule has 0 amide bonds. The number of aromatic nitrogens is 2. The largest absolute Gasteiger partial charge is 0.392 e. The van der Waals surface area contributed by atoms with Crippen molar-refractivity contribution in [3.05, 3.63) is 32.6 Å². The van der Waals surface area contributed by atoms with E-state index in [4.69, 9.17) is 0 Å². The molecule has 1 aliphatic rings. The Hall–Kier alpha value is -1.40. The lowest BCUT2D eigenvalue weighted by molar-refractivity contribution is 0.119. The van der Waals surface area contributed by atoms with Crippen LogP contribution in [-0.4, -0.2) is 26.4 Å². The summed E-state index contributed by atoms with van der Waals surface area (Å²) in [6.07, 6.45) is 6.25. The van der Waals surface area contributed by atoms with Crippen LogP contribution in [0.3, 0.4) is 0 Å². The highest BCUT2D eigenvalue weighted by atomic mass is 16.3. The van der Waals surface area contributed by atoms with E-state index in [9.17, 15) is 14.7 Å². The van der Waals surface area contributed by atoms with Crippen molar-refractivity contribution in [2.24, 2.45) is 14.1 Å². The summed E-state index contributed by atoms with van der Waals surface area (Å²) in [6.45, 7) is 0.377. The molecule has 2 atom stereocenters. The quantitative estimate of drug-likeness (QED) is 0.757. The van der Waals surface area contributed by atoms with Crippen LogP contribution < -0.4 is 16.6 Å². The van der Waals surface area contributed by atoms with Gasteiger partial charge in [0.1, 0.15) is 0 Å². The van der Waals surface area contributed by atoms with E-state index in [1.165, 1.54) is 11.6 Å². The lowest BCUT2D eigenvalue weighted by Gasteiger charge is -2.21. The highest BCUT2D eigenvalue weighted by Gasteiger charge is 2.21. The van der Waals surface area contributed by atoms with Crippen molar-refractivity contribution in [2.45, 2.75) is 50.8 Å². The molecule has 0 saturated heterocycles. The molecule has 0 aromatic carbocycles. The average Bonchev–Trinajstić information content (AvgIpc) is 2.64. The molecule has 112 valence electrons. The zero-order valence-electron chi connectivity index (χ0n) is 12.1. The molecule has 1 fully saturated rings. The van der Waals surface area contributed by atoms with Crippen LogP contribution in [0.1, 0.15) is 37.7 Å². The van der Waals surface area contributed by atoms with E-state index in [1.54, 1.807) is 13.2 Å². The molecule has 6 nitrogen and oxygen atoms in total. The fourth-order valence-electron chi connectivity index (χ4n) is 2.77. The first kappa shape index (κ1) is 15.0. The van der Waals surface area contributed by atoms with Crippen molar-refractivity contribution in [3.63, 3.8) is 0 Å². The monoisotopic (exact) mass is 281 g/mol. The number of rotatable bonds is 3. The molecule has 0 spiro atoms. The molecule has 1 aliphatic carbocycles. The fourth-order valence-corrected chi connectivity index (χ4v) is 2.77. The van der Waals surface area contributed by atoms with Gasteiger partial charge in [0, 0.05) is 38.4 Å². The lowest BCUT2D eigenvalue weighted by Crippen LogP contribution is -2.43. The van der Waals surface area contributed by atoms with Gasteiger partial charge in [-0.1, -0.05) is 19.3 Å². The highest BCUT2D eigenvalue weighted by Crippen LogP contribution is 2.18. The predicted octanol–water partition coefficient (Wildman–Crippen LogP) is -0.133. The van der Waals surface area contributed by atoms with Crippen molar-refractivity contribution in [3.8, 4) is 0 Å². The normalized spacial score (nSPS) is 23.6. The average molecular weight is 281 g/mol. The molecule has 0 aliphatic heterocycles. The molecule has 6 heteroatoms. The topological polar surface area (TPSA) is 76.3 Å². The molecule has 2 unspecified atom stereocenters. The molecular weight excluding hydrogens is 258 g/mol. The summed E-state index contributed by atoms with van der Waals surface area (Å²) in [5.41, 5.74) is -0.0528. The second-order valence-corrected chi connectivity index (χ2v) is 5.60. The molecule has 1 saturated carbocycles. The number of aryl methyl sites for hydroxylation is 1. The van der Waals surface area contributed by atoms with Crippen LogP contribution >= 0.6 is 0 Å². The van der Waals surface area contributed by atoms with Gasteiger partial charge < -0.3 is 15.0 Å². The van der Waals surface area contributed by atoms with Crippen LogP contribution in [0.15, 0.2) is 15.8 Å². The minimum absolute atomic E-state index is 0.0273. The SMILES string of the molecule is Cn1cc(CNC2CCCCCC2O)c(=O)n(C)c1=O. The Morgan fingerprint density at radius 2 is 1.95 bits per heavy atom. The Kier molecular flexibility index (Phi) is 4.77. The van der Waals surface area contributed by atoms with Crippen molar-refractivity contribution in [2.75, 3.05) is 0 Å². The Morgan fingerprint density at radius 3 is 2.70 bits per heavy atom. The van der Waals surface area contributed by atoms with E-state index in [1.807, 2.05) is 0 Å². The van der Waals surface area contributed by atoms with Gasteiger partial charge in [-0.15, -0.1) is 0 Å². The molecule has 1 aromatic heterocycles.